The number of aromatic nitrogens is 2. The van der Waals surface area contributed by atoms with Crippen molar-refractivity contribution in [2.45, 2.75) is 26.4 Å². The van der Waals surface area contributed by atoms with E-state index in [1.807, 2.05) is 29.2 Å². The molecule has 0 saturated heterocycles. The van der Waals surface area contributed by atoms with Crippen LogP contribution < -0.4 is 10.6 Å². The van der Waals surface area contributed by atoms with Gasteiger partial charge in [-0.25, -0.2) is 0 Å². The summed E-state index contributed by atoms with van der Waals surface area (Å²) in [7, 11) is 1.80. The number of nitrogens with one attached hydrogen (secondary N) is 2. The van der Waals surface area contributed by atoms with Crippen molar-refractivity contribution in [3.05, 3.63) is 54.4 Å². The lowest BCUT2D eigenvalue weighted by Gasteiger charge is -2.20. The first-order valence-corrected chi connectivity index (χ1v) is 7.68. The average Bonchev–Trinajstić information content (AvgIpc) is 3.05. The number of guanidine groups is 1. The molecule has 2 aromatic rings. The summed E-state index contributed by atoms with van der Waals surface area (Å²) < 4.78 is 1.95. The molecular formula is C17H25N5. The Kier molecular flexibility index (Phi) is 6.01. The maximum atomic E-state index is 4.29. The number of hydrogen-bond donors (Lipinski definition) is 2. The second-order valence-electron chi connectivity index (χ2n) is 5.56. The fraction of sp³-hybridized carbons (Fsp3) is 0.412. The van der Waals surface area contributed by atoms with Crippen molar-refractivity contribution in [1.82, 2.24) is 20.4 Å². The lowest BCUT2D eigenvalue weighted by atomic mass is 10.1. The maximum absolute atomic E-state index is 4.29. The van der Waals surface area contributed by atoms with Gasteiger partial charge in [-0.3, -0.25) is 9.67 Å². The normalized spacial score (nSPS) is 14.4. The van der Waals surface area contributed by atoms with Gasteiger partial charge in [0.15, 0.2) is 5.96 Å². The van der Waals surface area contributed by atoms with E-state index in [1.54, 1.807) is 7.05 Å². The quantitative estimate of drug-likeness (QED) is 0.636. The fourth-order valence-electron chi connectivity index (χ4n) is 2.29. The van der Waals surface area contributed by atoms with E-state index in [1.165, 1.54) is 5.56 Å². The molecule has 0 radical (unpaired) electrons. The summed E-state index contributed by atoms with van der Waals surface area (Å²) in [6.07, 6.45) is 3.79. The van der Waals surface area contributed by atoms with E-state index in [-0.39, 0.29) is 6.04 Å². The van der Waals surface area contributed by atoms with E-state index in [2.05, 4.69) is 58.8 Å². The standard InChI is InChI=1S/C17H25N5/c1-14(13-22-11-7-10-20-22)12-19-17(18-3)21-15(2)16-8-5-4-6-9-16/h4-11,14-15H,12-13H2,1-3H3,(H2,18,19,21). The zero-order valence-electron chi connectivity index (χ0n) is 13.5. The fourth-order valence-corrected chi connectivity index (χ4v) is 2.29. The number of hydrogen-bond acceptors (Lipinski definition) is 2. The molecule has 0 aliphatic rings. The topological polar surface area (TPSA) is 54.2 Å². The highest BCUT2D eigenvalue weighted by atomic mass is 15.3. The van der Waals surface area contributed by atoms with Crippen LogP contribution in [0.25, 0.3) is 0 Å². The Morgan fingerprint density at radius 2 is 2.00 bits per heavy atom. The van der Waals surface area contributed by atoms with Gasteiger partial charge < -0.3 is 10.6 Å². The predicted octanol–water partition coefficient (Wildman–Crippen LogP) is 2.45. The van der Waals surface area contributed by atoms with E-state index >= 15 is 0 Å². The maximum Gasteiger partial charge on any atom is 0.191 e. The highest BCUT2D eigenvalue weighted by Crippen LogP contribution is 2.10. The molecule has 0 saturated carbocycles. The van der Waals surface area contributed by atoms with Gasteiger partial charge in [0.2, 0.25) is 0 Å². The van der Waals surface area contributed by atoms with Crippen LogP contribution >= 0.6 is 0 Å². The third-order valence-corrected chi connectivity index (χ3v) is 3.55. The molecule has 0 amide bonds. The minimum Gasteiger partial charge on any atom is -0.356 e. The van der Waals surface area contributed by atoms with E-state index < -0.39 is 0 Å². The first-order valence-electron chi connectivity index (χ1n) is 7.68. The zero-order valence-corrected chi connectivity index (χ0v) is 13.5. The van der Waals surface area contributed by atoms with Crippen LogP contribution in [0.2, 0.25) is 0 Å². The molecule has 2 rings (SSSR count). The molecule has 0 aliphatic carbocycles. The molecule has 1 heterocycles. The van der Waals surface area contributed by atoms with Crippen molar-refractivity contribution >= 4 is 5.96 Å². The average molecular weight is 299 g/mol. The highest BCUT2D eigenvalue weighted by molar-refractivity contribution is 5.80. The van der Waals surface area contributed by atoms with E-state index in [0.29, 0.717) is 5.92 Å². The Morgan fingerprint density at radius 3 is 2.64 bits per heavy atom. The van der Waals surface area contributed by atoms with Crippen LogP contribution in [0.5, 0.6) is 0 Å². The Balaban J connectivity index is 1.80. The molecule has 2 unspecified atom stereocenters. The smallest absolute Gasteiger partial charge is 0.191 e. The van der Waals surface area contributed by atoms with Gasteiger partial charge in [-0.1, -0.05) is 37.3 Å². The van der Waals surface area contributed by atoms with Crippen LogP contribution in [0, 0.1) is 5.92 Å². The van der Waals surface area contributed by atoms with Gasteiger partial charge in [-0.2, -0.15) is 5.10 Å². The van der Waals surface area contributed by atoms with E-state index in [0.717, 1.165) is 19.0 Å². The van der Waals surface area contributed by atoms with E-state index in [9.17, 15) is 0 Å². The van der Waals surface area contributed by atoms with Crippen molar-refractivity contribution in [2.24, 2.45) is 10.9 Å². The predicted molar refractivity (Wildman–Crippen MR) is 90.7 cm³/mol. The van der Waals surface area contributed by atoms with Crippen molar-refractivity contribution < 1.29 is 0 Å². The monoisotopic (exact) mass is 299 g/mol. The first kappa shape index (κ1) is 16.1. The van der Waals surface area contributed by atoms with Crippen LogP contribution in [-0.4, -0.2) is 29.3 Å². The molecule has 0 aliphatic heterocycles. The summed E-state index contributed by atoms with van der Waals surface area (Å²) in [5, 5.41) is 11.0. The lowest BCUT2D eigenvalue weighted by Crippen LogP contribution is -2.41. The van der Waals surface area contributed by atoms with Gasteiger partial charge in [0.1, 0.15) is 0 Å². The van der Waals surface area contributed by atoms with Gasteiger partial charge in [0, 0.05) is 32.5 Å². The molecule has 0 spiro atoms. The van der Waals surface area contributed by atoms with Gasteiger partial charge in [0.25, 0.3) is 0 Å². The third-order valence-electron chi connectivity index (χ3n) is 3.55. The molecule has 0 fully saturated rings. The molecule has 1 aromatic heterocycles. The number of aliphatic imine (C=N–C) groups is 1. The van der Waals surface area contributed by atoms with Crippen LogP contribution in [0.3, 0.4) is 0 Å². The lowest BCUT2D eigenvalue weighted by molar-refractivity contribution is 0.442. The molecule has 0 bridgehead atoms. The van der Waals surface area contributed by atoms with Crippen molar-refractivity contribution in [1.29, 1.82) is 0 Å². The summed E-state index contributed by atoms with van der Waals surface area (Å²) in [5.41, 5.74) is 1.25. The molecule has 2 N–H and O–H groups in total. The number of rotatable bonds is 6. The summed E-state index contributed by atoms with van der Waals surface area (Å²) in [6.45, 7) is 6.07. The number of nitrogens with zero attached hydrogens (tertiary/aromatic N) is 3. The molecular weight excluding hydrogens is 274 g/mol. The minimum absolute atomic E-state index is 0.217. The Bertz CT molecular complexity index is 562. The van der Waals surface area contributed by atoms with Gasteiger partial charge in [-0.05, 0) is 24.5 Å². The van der Waals surface area contributed by atoms with Crippen molar-refractivity contribution in [3.63, 3.8) is 0 Å². The number of benzene rings is 1. The van der Waals surface area contributed by atoms with Crippen molar-refractivity contribution in [3.8, 4) is 0 Å². The Hall–Kier alpha value is -2.30. The second kappa shape index (κ2) is 8.22. The SMILES string of the molecule is CN=C(NCC(C)Cn1cccn1)NC(C)c1ccccc1. The third kappa shape index (κ3) is 4.91. The van der Waals surface area contributed by atoms with Crippen LogP contribution in [0.1, 0.15) is 25.5 Å². The summed E-state index contributed by atoms with van der Waals surface area (Å²) >= 11 is 0. The van der Waals surface area contributed by atoms with Gasteiger partial charge in [-0.15, -0.1) is 0 Å². The molecule has 2 atom stereocenters. The summed E-state index contributed by atoms with van der Waals surface area (Å²) in [6, 6.07) is 12.5. The Morgan fingerprint density at radius 1 is 1.23 bits per heavy atom. The second-order valence-corrected chi connectivity index (χ2v) is 5.56. The largest absolute Gasteiger partial charge is 0.356 e. The Labute approximate surface area is 132 Å². The zero-order chi connectivity index (χ0) is 15.8. The van der Waals surface area contributed by atoms with Crippen molar-refractivity contribution in [2.75, 3.05) is 13.6 Å². The summed E-state index contributed by atoms with van der Waals surface area (Å²) in [5.74, 6) is 1.29. The van der Waals surface area contributed by atoms with E-state index in [4.69, 9.17) is 0 Å². The summed E-state index contributed by atoms with van der Waals surface area (Å²) in [4.78, 5) is 4.29. The molecule has 22 heavy (non-hydrogen) atoms. The molecule has 1 aromatic carbocycles. The van der Waals surface area contributed by atoms with Crippen LogP contribution in [0.15, 0.2) is 53.8 Å². The molecule has 5 heteroatoms. The van der Waals surface area contributed by atoms with Crippen LogP contribution in [0.4, 0.5) is 0 Å². The van der Waals surface area contributed by atoms with Gasteiger partial charge >= 0.3 is 0 Å². The highest BCUT2D eigenvalue weighted by Gasteiger charge is 2.09. The first-order chi connectivity index (χ1) is 10.7. The minimum atomic E-state index is 0.217. The van der Waals surface area contributed by atoms with Crippen LogP contribution in [-0.2, 0) is 6.54 Å². The molecule has 5 nitrogen and oxygen atoms in total. The molecule has 118 valence electrons. The van der Waals surface area contributed by atoms with Gasteiger partial charge in [0.05, 0.1) is 6.04 Å².